The summed E-state index contributed by atoms with van der Waals surface area (Å²) in [5, 5.41) is 0. The van der Waals surface area contributed by atoms with Crippen molar-refractivity contribution in [2.45, 2.75) is 83.5 Å². The Morgan fingerprint density at radius 3 is 2.05 bits per heavy atom. The minimum absolute atomic E-state index is 0.102. The van der Waals surface area contributed by atoms with E-state index in [0.29, 0.717) is 30.4 Å². The van der Waals surface area contributed by atoms with E-state index in [0.717, 1.165) is 37.4 Å². The van der Waals surface area contributed by atoms with E-state index < -0.39 is 0 Å². The Morgan fingerprint density at radius 1 is 0.795 bits per heavy atom. The molecule has 0 amide bonds. The lowest BCUT2D eigenvalue weighted by Gasteiger charge is -2.29. The van der Waals surface area contributed by atoms with Crippen molar-refractivity contribution in [1.82, 2.24) is 0 Å². The molecule has 0 spiro atoms. The first-order chi connectivity index (χ1) is 19.1. The molecule has 212 valence electrons. The molecule has 3 rings (SSSR count). The van der Waals surface area contributed by atoms with Crippen LogP contribution < -0.4 is 9.47 Å². The number of ether oxygens (including phenoxy) is 4. The lowest BCUT2D eigenvalue weighted by Crippen LogP contribution is -2.13. The summed E-state index contributed by atoms with van der Waals surface area (Å²) < 4.78 is 21.7. The van der Waals surface area contributed by atoms with Crippen LogP contribution in [0.3, 0.4) is 0 Å². The molecule has 1 fully saturated rings. The number of carbonyl (C=O) groups excluding carboxylic acids is 2. The molecule has 1 saturated carbocycles. The molecule has 6 nitrogen and oxygen atoms in total. The van der Waals surface area contributed by atoms with Crippen LogP contribution in [0.1, 0.15) is 99.4 Å². The molecule has 1 aliphatic carbocycles. The molecule has 1 aliphatic rings. The zero-order valence-electron chi connectivity index (χ0n) is 23.4. The molecular weight excluding hydrogens is 492 g/mol. The lowest BCUT2D eigenvalue weighted by molar-refractivity contribution is -0.137. The van der Waals surface area contributed by atoms with Crippen molar-refractivity contribution < 1.29 is 28.5 Å². The van der Waals surface area contributed by atoms with E-state index in [1.54, 1.807) is 24.3 Å². The molecule has 0 radical (unpaired) electrons. The molecule has 0 N–H and O–H groups in total. The van der Waals surface area contributed by atoms with Crippen molar-refractivity contribution in [3.8, 4) is 11.5 Å². The summed E-state index contributed by atoms with van der Waals surface area (Å²) >= 11 is 0. The minimum Gasteiger partial charge on any atom is -0.463 e. The monoisotopic (exact) mass is 536 g/mol. The third-order valence-corrected chi connectivity index (χ3v) is 7.39. The van der Waals surface area contributed by atoms with Crippen molar-refractivity contribution >= 4 is 11.9 Å². The van der Waals surface area contributed by atoms with Crippen LogP contribution in [0.2, 0.25) is 0 Å². The molecule has 2 aromatic rings. The summed E-state index contributed by atoms with van der Waals surface area (Å²) in [5.74, 6) is 2.24. The van der Waals surface area contributed by atoms with E-state index in [-0.39, 0.29) is 18.7 Å². The van der Waals surface area contributed by atoms with Gasteiger partial charge in [0.15, 0.2) is 0 Å². The first kappa shape index (κ1) is 30.3. The van der Waals surface area contributed by atoms with Crippen LogP contribution in [0.4, 0.5) is 0 Å². The Labute approximate surface area is 233 Å². The van der Waals surface area contributed by atoms with Crippen molar-refractivity contribution in [2.75, 3.05) is 20.0 Å². The van der Waals surface area contributed by atoms with Gasteiger partial charge in [0.2, 0.25) is 6.79 Å². The van der Waals surface area contributed by atoms with Gasteiger partial charge < -0.3 is 18.9 Å². The summed E-state index contributed by atoms with van der Waals surface area (Å²) in [6.07, 6.45) is 14.0. The van der Waals surface area contributed by atoms with Gasteiger partial charge in [0, 0.05) is 6.08 Å². The highest BCUT2D eigenvalue weighted by Crippen LogP contribution is 2.38. The first-order valence-corrected chi connectivity index (χ1v) is 14.5. The third kappa shape index (κ3) is 11.2. The summed E-state index contributed by atoms with van der Waals surface area (Å²) in [7, 11) is 0. The van der Waals surface area contributed by atoms with E-state index in [9.17, 15) is 9.59 Å². The van der Waals surface area contributed by atoms with Crippen LogP contribution >= 0.6 is 0 Å². The summed E-state index contributed by atoms with van der Waals surface area (Å²) in [6, 6.07) is 15.3. The van der Waals surface area contributed by atoms with Gasteiger partial charge in [-0.05, 0) is 92.3 Å². The summed E-state index contributed by atoms with van der Waals surface area (Å²) in [6.45, 7) is 6.51. The molecule has 0 bridgehead atoms. The standard InChI is InChI=1S/C33H44O6/c1-3-5-23-37-33(35)29-17-21-31(22-18-29)39-25-38-30-19-15-28(16-20-30)27-13-11-26(12-14-27)10-8-6-7-9-24-36-32(34)4-2/h4,15-22,26-27H,2-3,5-14,23-25H2,1H3. The van der Waals surface area contributed by atoms with Crippen molar-refractivity contribution in [2.24, 2.45) is 5.92 Å². The second-order valence-electron chi connectivity index (χ2n) is 10.3. The van der Waals surface area contributed by atoms with Gasteiger partial charge in [-0.25, -0.2) is 9.59 Å². The average molecular weight is 537 g/mol. The predicted molar refractivity (Wildman–Crippen MR) is 153 cm³/mol. The maximum absolute atomic E-state index is 12.0. The van der Waals surface area contributed by atoms with Gasteiger partial charge in [-0.2, -0.15) is 0 Å². The van der Waals surface area contributed by atoms with Crippen molar-refractivity contribution in [3.63, 3.8) is 0 Å². The maximum Gasteiger partial charge on any atom is 0.338 e. The maximum atomic E-state index is 12.0. The van der Waals surface area contributed by atoms with E-state index in [1.165, 1.54) is 56.6 Å². The molecule has 0 heterocycles. The number of carbonyl (C=O) groups is 2. The zero-order valence-corrected chi connectivity index (χ0v) is 23.4. The zero-order chi connectivity index (χ0) is 27.7. The molecule has 0 saturated heterocycles. The number of hydrogen-bond acceptors (Lipinski definition) is 6. The highest BCUT2D eigenvalue weighted by molar-refractivity contribution is 5.89. The topological polar surface area (TPSA) is 71.1 Å². The van der Waals surface area contributed by atoms with Crippen molar-refractivity contribution in [3.05, 3.63) is 72.3 Å². The average Bonchev–Trinajstić information content (AvgIpc) is 2.97. The third-order valence-electron chi connectivity index (χ3n) is 7.39. The molecule has 6 heteroatoms. The van der Waals surface area contributed by atoms with Crippen LogP contribution in [0.15, 0.2) is 61.2 Å². The molecule has 0 atom stereocenters. The SMILES string of the molecule is C=CC(=O)OCCCCCCC1CCC(c2ccc(OCOc3ccc(C(=O)OCCCC)cc3)cc2)CC1. The molecule has 0 aromatic heterocycles. The first-order valence-electron chi connectivity index (χ1n) is 14.5. The van der Waals surface area contributed by atoms with Gasteiger partial charge in [-0.3, -0.25) is 0 Å². The van der Waals surface area contributed by atoms with E-state index in [2.05, 4.69) is 25.6 Å². The lowest BCUT2D eigenvalue weighted by atomic mass is 9.77. The Morgan fingerprint density at radius 2 is 1.41 bits per heavy atom. The molecule has 0 unspecified atom stereocenters. The van der Waals surface area contributed by atoms with Gasteiger partial charge >= 0.3 is 11.9 Å². The van der Waals surface area contributed by atoms with Crippen LogP contribution in [0.5, 0.6) is 11.5 Å². The second-order valence-corrected chi connectivity index (χ2v) is 10.3. The fourth-order valence-corrected chi connectivity index (χ4v) is 4.99. The Hall–Kier alpha value is -3.28. The molecule has 0 aliphatic heterocycles. The van der Waals surface area contributed by atoms with E-state index >= 15 is 0 Å². The second kappa shape index (κ2) is 17.3. The van der Waals surface area contributed by atoms with Crippen molar-refractivity contribution in [1.29, 1.82) is 0 Å². The fraction of sp³-hybridized carbons (Fsp3) is 0.515. The fourth-order valence-electron chi connectivity index (χ4n) is 4.99. The van der Waals surface area contributed by atoms with Gasteiger partial charge in [-0.15, -0.1) is 0 Å². The van der Waals surface area contributed by atoms with E-state index in [1.807, 2.05) is 12.1 Å². The highest BCUT2D eigenvalue weighted by atomic mass is 16.7. The van der Waals surface area contributed by atoms with Crippen LogP contribution in [0, 0.1) is 5.92 Å². The Bertz CT molecular complexity index is 990. The largest absolute Gasteiger partial charge is 0.463 e. The summed E-state index contributed by atoms with van der Waals surface area (Å²) in [5.41, 5.74) is 1.90. The van der Waals surface area contributed by atoms with Crippen LogP contribution in [0.25, 0.3) is 0 Å². The number of benzene rings is 2. The Kier molecular flexibility index (Phi) is 13.5. The molecular formula is C33H44O6. The molecule has 2 aromatic carbocycles. The van der Waals surface area contributed by atoms with E-state index in [4.69, 9.17) is 18.9 Å². The van der Waals surface area contributed by atoms with Crippen LogP contribution in [-0.2, 0) is 14.3 Å². The van der Waals surface area contributed by atoms with Crippen LogP contribution in [-0.4, -0.2) is 31.9 Å². The van der Waals surface area contributed by atoms with Gasteiger partial charge in [-0.1, -0.05) is 57.7 Å². The van der Waals surface area contributed by atoms with Gasteiger partial charge in [0.25, 0.3) is 0 Å². The Balaban J connectivity index is 1.28. The highest BCUT2D eigenvalue weighted by Gasteiger charge is 2.22. The normalized spacial score (nSPS) is 16.7. The number of rotatable bonds is 17. The van der Waals surface area contributed by atoms with Gasteiger partial charge in [0.05, 0.1) is 18.8 Å². The predicted octanol–water partition coefficient (Wildman–Crippen LogP) is 8.01. The number of hydrogen-bond donors (Lipinski definition) is 0. The number of unbranched alkanes of at least 4 members (excludes halogenated alkanes) is 4. The quantitative estimate of drug-likeness (QED) is 0.0882. The smallest absolute Gasteiger partial charge is 0.338 e. The summed E-state index contributed by atoms with van der Waals surface area (Å²) in [4.78, 5) is 23.0. The number of esters is 2. The van der Waals surface area contributed by atoms with Gasteiger partial charge in [0.1, 0.15) is 11.5 Å². The molecule has 39 heavy (non-hydrogen) atoms. The minimum atomic E-state index is -0.329.